The maximum Gasteiger partial charge on any atom is 0.313 e. The van der Waals surface area contributed by atoms with Crippen molar-refractivity contribution in [2.75, 3.05) is 6.54 Å². The second-order valence-electron chi connectivity index (χ2n) is 5.80. The highest BCUT2D eigenvalue weighted by molar-refractivity contribution is 6.00. The zero-order valence-corrected chi connectivity index (χ0v) is 11.9. The summed E-state index contributed by atoms with van der Waals surface area (Å²) in [7, 11) is 0. The summed E-state index contributed by atoms with van der Waals surface area (Å²) >= 11 is 0. The van der Waals surface area contributed by atoms with Crippen LogP contribution in [0.5, 0.6) is 0 Å². The van der Waals surface area contributed by atoms with E-state index in [1.54, 1.807) is 29.2 Å². The normalized spacial score (nSPS) is 22.5. The molecule has 4 heteroatoms. The monoisotopic (exact) mass is 293 g/mol. The molecule has 0 saturated carbocycles. The Balaban J connectivity index is 1.97. The van der Waals surface area contributed by atoms with Crippen LogP contribution < -0.4 is 0 Å². The number of carboxylic acids is 1. The molecular weight excluding hydrogens is 278 g/mol. The van der Waals surface area contributed by atoms with Crippen LogP contribution in [0.15, 0.2) is 48.5 Å². The van der Waals surface area contributed by atoms with Crippen molar-refractivity contribution in [2.45, 2.75) is 18.4 Å². The number of benzene rings is 2. The summed E-state index contributed by atoms with van der Waals surface area (Å²) < 4.78 is 0. The minimum absolute atomic E-state index is 0.0624. The first-order valence-electron chi connectivity index (χ1n) is 7.39. The summed E-state index contributed by atoms with van der Waals surface area (Å²) in [6.45, 7) is 0.568. The highest BCUT2D eigenvalue weighted by Crippen LogP contribution is 2.45. The predicted molar refractivity (Wildman–Crippen MR) is 80.7 cm³/mol. The second kappa shape index (κ2) is 4.70. The fraction of sp³-hybridized carbons (Fsp3) is 0.222. The van der Waals surface area contributed by atoms with E-state index in [0.717, 1.165) is 17.5 Å². The second-order valence-corrected chi connectivity index (χ2v) is 5.80. The van der Waals surface area contributed by atoms with Crippen molar-refractivity contribution in [1.29, 1.82) is 0 Å². The minimum atomic E-state index is -0.883. The van der Waals surface area contributed by atoms with E-state index in [0.29, 0.717) is 17.7 Å². The van der Waals surface area contributed by atoms with Crippen LogP contribution in [-0.2, 0) is 11.2 Å². The van der Waals surface area contributed by atoms with E-state index in [4.69, 9.17) is 0 Å². The third kappa shape index (κ3) is 1.70. The van der Waals surface area contributed by atoms with Gasteiger partial charge in [0.1, 0.15) is 5.92 Å². The van der Waals surface area contributed by atoms with Crippen LogP contribution in [0.25, 0.3) is 0 Å². The molecule has 2 aromatic carbocycles. The van der Waals surface area contributed by atoms with Gasteiger partial charge < -0.3 is 10.0 Å². The Labute approximate surface area is 128 Å². The Morgan fingerprint density at radius 1 is 1.05 bits per heavy atom. The van der Waals surface area contributed by atoms with E-state index in [2.05, 4.69) is 0 Å². The quantitative estimate of drug-likeness (QED) is 0.879. The van der Waals surface area contributed by atoms with E-state index in [-0.39, 0.29) is 5.91 Å². The van der Waals surface area contributed by atoms with Crippen molar-refractivity contribution in [3.63, 3.8) is 0 Å². The van der Waals surface area contributed by atoms with Crippen LogP contribution in [0.4, 0.5) is 0 Å². The maximum absolute atomic E-state index is 12.8. The number of carbonyl (C=O) groups excluding carboxylic acids is 1. The molecule has 0 bridgehead atoms. The number of rotatable bonds is 1. The lowest BCUT2D eigenvalue weighted by Crippen LogP contribution is -2.48. The third-order valence-corrected chi connectivity index (χ3v) is 4.70. The lowest BCUT2D eigenvalue weighted by atomic mass is 9.76. The molecule has 1 amide bonds. The molecule has 0 saturated heterocycles. The fourth-order valence-electron chi connectivity index (χ4n) is 3.74. The molecular formula is C18H15NO3. The van der Waals surface area contributed by atoms with E-state index >= 15 is 0 Å². The van der Waals surface area contributed by atoms with Gasteiger partial charge in [-0.05, 0) is 29.2 Å². The van der Waals surface area contributed by atoms with E-state index in [1.165, 1.54) is 0 Å². The van der Waals surface area contributed by atoms with Crippen LogP contribution in [0, 0.1) is 0 Å². The molecule has 2 atom stereocenters. The van der Waals surface area contributed by atoms with E-state index < -0.39 is 17.9 Å². The van der Waals surface area contributed by atoms with Crippen LogP contribution in [0.3, 0.4) is 0 Å². The van der Waals surface area contributed by atoms with Crippen molar-refractivity contribution in [3.8, 4) is 0 Å². The smallest absolute Gasteiger partial charge is 0.313 e. The summed E-state index contributed by atoms with van der Waals surface area (Å²) in [5.74, 6) is -1.66. The van der Waals surface area contributed by atoms with Crippen LogP contribution in [-0.4, -0.2) is 28.4 Å². The van der Waals surface area contributed by atoms with Gasteiger partial charge >= 0.3 is 5.97 Å². The standard InChI is InChI=1S/C18H15NO3/c20-17-14-8-4-3-7-13(14)15(18(21)22)16-12-6-2-1-5-11(12)9-10-19(16)17/h1-8,15-16H,9-10H2,(H,21,22)/t15-,16?/m0/s1. The first kappa shape index (κ1) is 13.1. The predicted octanol–water partition coefficient (Wildman–Crippen LogP) is 2.61. The zero-order valence-electron chi connectivity index (χ0n) is 11.9. The van der Waals surface area contributed by atoms with E-state index in [1.807, 2.05) is 24.3 Å². The number of fused-ring (bicyclic) bond motifs is 4. The van der Waals surface area contributed by atoms with Gasteiger partial charge in [-0.15, -0.1) is 0 Å². The molecule has 4 nitrogen and oxygen atoms in total. The fourth-order valence-corrected chi connectivity index (χ4v) is 3.74. The van der Waals surface area contributed by atoms with Gasteiger partial charge in [0.15, 0.2) is 0 Å². The molecule has 1 N–H and O–H groups in total. The average molecular weight is 293 g/mol. The first-order valence-corrected chi connectivity index (χ1v) is 7.39. The van der Waals surface area contributed by atoms with Gasteiger partial charge in [-0.25, -0.2) is 0 Å². The Bertz CT molecular complexity index is 783. The molecule has 1 unspecified atom stereocenters. The van der Waals surface area contributed by atoms with Crippen LogP contribution in [0.2, 0.25) is 0 Å². The molecule has 0 spiro atoms. The molecule has 2 heterocycles. The first-order chi connectivity index (χ1) is 10.7. The molecule has 0 radical (unpaired) electrons. The number of carboxylic acid groups (broad SMARTS) is 1. The Morgan fingerprint density at radius 3 is 2.50 bits per heavy atom. The van der Waals surface area contributed by atoms with Gasteiger partial charge in [0.2, 0.25) is 0 Å². The van der Waals surface area contributed by atoms with Crippen LogP contribution in [0.1, 0.15) is 39.0 Å². The maximum atomic E-state index is 12.8. The SMILES string of the molecule is O=C(O)[C@H]1c2ccccc2C(=O)N2CCc3ccccc3C12. The Kier molecular flexibility index (Phi) is 2.79. The van der Waals surface area contributed by atoms with Gasteiger partial charge in [0.05, 0.1) is 6.04 Å². The molecule has 2 aliphatic heterocycles. The van der Waals surface area contributed by atoms with Gasteiger partial charge in [-0.1, -0.05) is 42.5 Å². The zero-order chi connectivity index (χ0) is 15.3. The third-order valence-electron chi connectivity index (χ3n) is 4.70. The van der Waals surface area contributed by atoms with Crippen molar-refractivity contribution in [1.82, 2.24) is 4.90 Å². The highest BCUT2D eigenvalue weighted by Gasteiger charge is 2.46. The number of aliphatic carboxylic acids is 1. The van der Waals surface area contributed by atoms with Gasteiger partial charge in [0.25, 0.3) is 5.91 Å². The molecule has 2 aliphatic rings. The Hall–Kier alpha value is -2.62. The van der Waals surface area contributed by atoms with Crippen molar-refractivity contribution < 1.29 is 14.7 Å². The van der Waals surface area contributed by atoms with Crippen molar-refractivity contribution in [3.05, 3.63) is 70.8 Å². The summed E-state index contributed by atoms with van der Waals surface area (Å²) in [4.78, 5) is 26.4. The summed E-state index contributed by atoms with van der Waals surface area (Å²) in [6.07, 6.45) is 0.771. The molecule has 110 valence electrons. The highest BCUT2D eigenvalue weighted by atomic mass is 16.4. The molecule has 22 heavy (non-hydrogen) atoms. The number of nitrogens with zero attached hydrogens (tertiary/aromatic N) is 1. The molecule has 0 fully saturated rings. The number of amides is 1. The minimum Gasteiger partial charge on any atom is -0.481 e. The van der Waals surface area contributed by atoms with Gasteiger partial charge in [-0.3, -0.25) is 9.59 Å². The van der Waals surface area contributed by atoms with Crippen molar-refractivity contribution >= 4 is 11.9 Å². The molecule has 2 aromatic rings. The lowest BCUT2D eigenvalue weighted by molar-refractivity contribution is -0.140. The molecule has 0 aromatic heterocycles. The molecule has 4 rings (SSSR count). The largest absolute Gasteiger partial charge is 0.481 e. The van der Waals surface area contributed by atoms with Crippen LogP contribution >= 0.6 is 0 Å². The average Bonchev–Trinajstić information content (AvgIpc) is 2.54. The lowest BCUT2D eigenvalue weighted by Gasteiger charge is -2.44. The number of hydrogen-bond acceptors (Lipinski definition) is 2. The van der Waals surface area contributed by atoms with Crippen molar-refractivity contribution in [2.24, 2.45) is 0 Å². The van der Waals surface area contributed by atoms with Gasteiger partial charge in [-0.2, -0.15) is 0 Å². The molecule has 0 aliphatic carbocycles. The summed E-state index contributed by atoms with van der Waals surface area (Å²) in [6, 6.07) is 14.5. The summed E-state index contributed by atoms with van der Waals surface area (Å²) in [5.41, 5.74) is 3.25. The van der Waals surface area contributed by atoms with Gasteiger partial charge in [0, 0.05) is 12.1 Å². The topological polar surface area (TPSA) is 57.6 Å². The number of carbonyl (C=O) groups is 2. The Morgan fingerprint density at radius 2 is 1.73 bits per heavy atom. The summed E-state index contributed by atoms with van der Waals surface area (Å²) in [5, 5.41) is 9.80. The number of hydrogen-bond donors (Lipinski definition) is 1. The van der Waals surface area contributed by atoms with E-state index in [9.17, 15) is 14.7 Å².